The third-order valence-corrected chi connectivity index (χ3v) is 8.32. The van der Waals surface area contributed by atoms with Crippen LogP contribution in [0.25, 0.3) is 0 Å². The zero-order valence-electron chi connectivity index (χ0n) is 23.9. The minimum Gasteiger partial charge on any atom is -0.457 e. The molecule has 0 heterocycles. The Bertz CT molecular complexity index is 453. The van der Waals surface area contributed by atoms with Crippen LogP contribution in [-0.4, -0.2) is 35.4 Å². The van der Waals surface area contributed by atoms with Crippen LogP contribution in [0, 0.1) is 5.92 Å². The molecule has 0 bridgehead atoms. The molecule has 0 aromatic heterocycles. The van der Waals surface area contributed by atoms with Gasteiger partial charge in [0.1, 0.15) is 0 Å². The van der Waals surface area contributed by atoms with Crippen LogP contribution in [0.5, 0.6) is 0 Å². The van der Waals surface area contributed by atoms with E-state index in [1.165, 1.54) is 0 Å². The molecular weight excluding hydrogens is 416 g/mol. The molecule has 0 N–H and O–H groups in total. The fraction of sp³-hybridized carbons (Fsp3) is 0.964. The fourth-order valence-corrected chi connectivity index (χ4v) is 4.51. The van der Waals surface area contributed by atoms with Gasteiger partial charge in [0.25, 0.3) is 0 Å². The average molecular weight is 473 g/mol. The molecule has 1 unspecified atom stereocenters. The number of esters is 1. The lowest BCUT2D eigenvalue weighted by Crippen LogP contribution is -2.59. The summed E-state index contributed by atoms with van der Waals surface area (Å²) in [5, 5.41) is 0. The lowest BCUT2D eigenvalue weighted by Gasteiger charge is -2.50. The number of rotatable bonds is 19. The molecule has 1 atom stereocenters. The van der Waals surface area contributed by atoms with E-state index in [2.05, 4.69) is 62.3 Å². The highest BCUT2D eigenvalue weighted by molar-refractivity contribution is 5.71. The first kappa shape index (κ1) is 32.4. The van der Waals surface area contributed by atoms with Gasteiger partial charge in [-0.15, -0.1) is 0 Å². The quantitative estimate of drug-likeness (QED) is 0.140. The highest BCUT2D eigenvalue weighted by Gasteiger charge is 2.51. The van der Waals surface area contributed by atoms with Crippen LogP contribution in [-0.2, 0) is 23.7 Å². The molecule has 0 radical (unpaired) electrons. The van der Waals surface area contributed by atoms with Crippen LogP contribution in [0.3, 0.4) is 0 Å². The molecule has 0 aliphatic heterocycles. The Labute approximate surface area is 205 Å². The van der Waals surface area contributed by atoms with Crippen molar-refractivity contribution in [3.63, 3.8) is 0 Å². The topological polar surface area (TPSA) is 54.0 Å². The van der Waals surface area contributed by atoms with Gasteiger partial charge in [-0.2, -0.15) is 0 Å². The van der Waals surface area contributed by atoms with Crippen LogP contribution >= 0.6 is 0 Å². The third kappa shape index (κ3) is 8.50. The summed E-state index contributed by atoms with van der Waals surface area (Å²) in [6.45, 7) is 23.1. The first-order valence-corrected chi connectivity index (χ1v) is 13.8. The van der Waals surface area contributed by atoms with Gasteiger partial charge >= 0.3 is 11.9 Å². The number of carbonyl (C=O) groups excluding carboxylic acids is 1. The van der Waals surface area contributed by atoms with Gasteiger partial charge in [-0.25, -0.2) is 0 Å². The Balaban J connectivity index is 6.72. The van der Waals surface area contributed by atoms with E-state index in [-0.39, 0.29) is 18.5 Å². The minimum atomic E-state index is -1.46. The van der Waals surface area contributed by atoms with E-state index in [0.717, 1.165) is 64.2 Å². The summed E-state index contributed by atoms with van der Waals surface area (Å²) in [4.78, 5) is 12.8. The number of ether oxygens (including phenoxy) is 4. The smallest absolute Gasteiger partial charge is 0.321 e. The first-order valence-electron chi connectivity index (χ1n) is 13.8. The number of hydrogen-bond acceptors (Lipinski definition) is 5. The molecule has 0 aliphatic carbocycles. The van der Waals surface area contributed by atoms with E-state index in [9.17, 15) is 4.79 Å². The maximum absolute atomic E-state index is 12.8. The van der Waals surface area contributed by atoms with E-state index >= 15 is 0 Å². The molecule has 0 aromatic rings. The molecule has 198 valence electrons. The van der Waals surface area contributed by atoms with Gasteiger partial charge in [-0.05, 0) is 64.2 Å². The molecule has 5 heteroatoms. The molecule has 0 aliphatic rings. The van der Waals surface area contributed by atoms with E-state index in [1.807, 2.05) is 13.8 Å². The second kappa shape index (κ2) is 14.7. The van der Waals surface area contributed by atoms with Gasteiger partial charge in [0.2, 0.25) is 0 Å². The molecule has 0 rings (SSSR count). The minimum absolute atomic E-state index is 0.0680. The Kier molecular flexibility index (Phi) is 14.4. The summed E-state index contributed by atoms with van der Waals surface area (Å²) >= 11 is 0. The highest BCUT2D eigenvalue weighted by atomic mass is 16.9. The van der Waals surface area contributed by atoms with Crippen molar-refractivity contribution >= 4 is 5.97 Å². The van der Waals surface area contributed by atoms with Gasteiger partial charge in [-0.1, -0.05) is 76.2 Å². The molecule has 0 spiro atoms. The van der Waals surface area contributed by atoms with E-state index in [0.29, 0.717) is 0 Å². The molecule has 0 saturated heterocycles. The summed E-state index contributed by atoms with van der Waals surface area (Å²) in [7, 11) is 0. The standard InChI is InChI=1S/C28H56O5/c1-12-23(11)24(29)30-22-28(31-25(13-2,14-3)15-4,32-26(16-5,17-6)18-7)33-27(19-8,20-9)21-10/h23H,12-22H2,1-11H3. The average Bonchev–Trinajstić information content (AvgIpc) is 2.87. The van der Waals surface area contributed by atoms with Crippen molar-refractivity contribution in [2.75, 3.05) is 6.61 Å². The maximum atomic E-state index is 12.8. The second-order valence-corrected chi connectivity index (χ2v) is 9.64. The molecule has 33 heavy (non-hydrogen) atoms. The summed E-state index contributed by atoms with van der Waals surface area (Å²) < 4.78 is 26.7. The van der Waals surface area contributed by atoms with Crippen LogP contribution in [0.15, 0.2) is 0 Å². The van der Waals surface area contributed by atoms with Gasteiger partial charge in [0.15, 0.2) is 6.61 Å². The molecule has 0 fully saturated rings. The monoisotopic (exact) mass is 472 g/mol. The zero-order chi connectivity index (χ0) is 25.8. The van der Waals surface area contributed by atoms with Crippen molar-refractivity contribution in [3.05, 3.63) is 0 Å². The van der Waals surface area contributed by atoms with Gasteiger partial charge < -0.3 is 18.9 Å². The van der Waals surface area contributed by atoms with Crippen molar-refractivity contribution < 1.29 is 23.7 Å². The van der Waals surface area contributed by atoms with Crippen molar-refractivity contribution in [2.24, 2.45) is 5.92 Å². The lowest BCUT2D eigenvalue weighted by molar-refractivity contribution is -0.470. The van der Waals surface area contributed by atoms with E-state index < -0.39 is 22.8 Å². The Morgan fingerprint density at radius 3 is 1.06 bits per heavy atom. The van der Waals surface area contributed by atoms with Crippen LogP contribution < -0.4 is 0 Å². The van der Waals surface area contributed by atoms with Crippen molar-refractivity contribution in [2.45, 2.75) is 163 Å². The maximum Gasteiger partial charge on any atom is 0.321 e. The fourth-order valence-electron chi connectivity index (χ4n) is 4.51. The van der Waals surface area contributed by atoms with E-state index in [4.69, 9.17) is 18.9 Å². The number of hydrogen-bond donors (Lipinski definition) is 0. The van der Waals surface area contributed by atoms with Gasteiger partial charge in [0.05, 0.1) is 22.7 Å². The predicted molar refractivity (Wildman–Crippen MR) is 137 cm³/mol. The SMILES string of the molecule is CCC(C)C(=O)OCC(OC(CC)(CC)CC)(OC(CC)(CC)CC)OC(CC)(CC)CC. The number of carbonyl (C=O) groups is 1. The van der Waals surface area contributed by atoms with Crippen molar-refractivity contribution in [3.8, 4) is 0 Å². The third-order valence-electron chi connectivity index (χ3n) is 8.32. The Hall–Kier alpha value is -0.650. The summed E-state index contributed by atoms with van der Waals surface area (Å²) in [6, 6.07) is 0. The molecule has 5 nitrogen and oxygen atoms in total. The molecule has 0 aromatic carbocycles. The molecular formula is C28H56O5. The summed E-state index contributed by atoms with van der Waals surface area (Å²) in [5.41, 5.74) is -1.28. The normalized spacial score (nSPS) is 14.4. The Morgan fingerprint density at radius 2 is 0.848 bits per heavy atom. The van der Waals surface area contributed by atoms with Crippen molar-refractivity contribution in [1.29, 1.82) is 0 Å². The van der Waals surface area contributed by atoms with Crippen LogP contribution in [0.4, 0.5) is 0 Å². The van der Waals surface area contributed by atoms with Crippen LogP contribution in [0.1, 0.15) is 140 Å². The largest absolute Gasteiger partial charge is 0.457 e. The molecule has 0 saturated carbocycles. The van der Waals surface area contributed by atoms with Crippen molar-refractivity contribution in [1.82, 2.24) is 0 Å². The molecule has 0 amide bonds. The second-order valence-electron chi connectivity index (χ2n) is 9.64. The summed E-state index contributed by atoms with van der Waals surface area (Å²) in [5.74, 6) is -1.88. The van der Waals surface area contributed by atoms with E-state index in [1.54, 1.807) is 0 Å². The first-order chi connectivity index (χ1) is 15.5. The van der Waals surface area contributed by atoms with Gasteiger partial charge in [0, 0.05) is 0 Å². The van der Waals surface area contributed by atoms with Crippen LogP contribution in [0.2, 0.25) is 0 Å². The Morgan fingerprint density at radius 1 is 0.576 bits per heavy atom. The lowest BCUT2D eigenvalue weighted by atomic mass is 9.92. The zero-order valence-corrected chi connectivity index (χ0v) is 23.9. The highest BCUT2D eigenvalue weighted by Crippen LogP contribution is 2.42. The predicted octanol–water partition coefficient (Wildman–Crippen LogP) is 8.19. The van der Waals surface area contributed by atoms with Gasteiger partial charge in [-0.3, -0.25) is 4.79 Å². The summed E-state index contributed by atoms with van der Waals surface area (Å²) in [6.07, 6.45) is 8.12.